The van der Waals surface area contributed by atoms with Crippen LogP contribution in [0.4, 0.5) is 0 Å². The summed E-state index contributed by atoms with van der Waals surface area (Å²) in [6, 6.07) is 29.8. The molecule has 4 nitrogen and oxygen atoms in total. The number of hydrogen-bond donors (Lipinski definition) is 0. The zero-order valence-electron chi connectivity index (χ0n) is 16.7. The summed E-state index contributed by atoms with van der Waals surface area (Å²) in [7, 11) is 0. The summed E-state index contributed by atoms with van der Waals surface area (Å²) in [6.45, 7) is 0.729. The summed E-state index contributed by atoms with van der Waals surface area (Å²) in [5, 5.41) is 15.5. The maximum atomic E-state index is 9.11. The first-order chi connectivity index (χ1) is 15.2. The van der Waals surface area contributed by atoms with Gasteiger partial charge in [-0.2, -0.15) is 5.26 Å². The quantitative estimate of drug-likeness (QED) is 0.225. The number of fused-ring (bicyclic) bond motifs is 1. The Hall–Kier alpha value is -3.62. The van der Waals surface area contributed by atoms with E-state index in [1.54, 1.807) is 12.3 Å². The van der Waals surface area contributed by atoms with Crippen LogP contribution in [-0.4, -0.2) is 6.21 Å². The van der Waals surface area contributed by atoms with Crippen molar-refractivity contribution in [3.05, 3.63) is 112 Å². The molecule has 0 saturated heterocycles. The van der Waals surface area contributed by atoms with Crippen molar-refractivity contribution < 1.29 is 9.57 Å². The summed E-state index contributed by atoms with van der Waals surface area (Å²) in [5.74, 6) is 0.758. The van der Waals surface area contributed by atoms with Crippen LogP contribution in [0.1, 0.15) is 22.3 Å². The first-order valence-corrected chi connectivity index (χ1v) is 10.6. The van der Waals surface area contributed by atoms with E-state index in [1.807, 2.05) is 48.5 Å². The Labute approximate surface area is 189 Å². The first kappa shape index (κ1) is 20.6. The second-order valence-electron chi connectivity index (χ2n) is 6.94. The van der Waals surface area contributed by atoms with Crippen LogP contribution in [0.2, 0.25) is 0 Å². The second kappa shape index (κ2) is 9.92. The Morgan fingerprint density at radius 2 is 1.68 bits per heavy atom. The number of oxime groups is 1. The van der Waals surface area contributed by atoms with Crippen LogP contribution in [0.3, 0.4) is 0 Å². The lowest BCUT2D eigenvalue weighted by molar-refractivity contribution is 0.132. The fourth-order valence-corrected chi connectivity index (χ4v) is 3.68. The van der Waals surface area contributed by atoms with E-state index in [-0.39, 0.29) is 6.61 Å². The van der Waals surface area contributed by atoms with Crippen LogP contribution < -0.4 is 4.74 Å². The summed E-state index contributed by atoms with van der Waals surface area (Å²) in [4.78, 5) is 5.35. The predicted octanol–water partition coefficient (Wildman–Crippen LogP) is 6.60. The van der Waals surface area contributed by atoms with Gasteiger partial charge in [0.1, 0.15) is 19.0 Å². The van der Waals surface area contributed by atoms with Crippen LogP contribution in [0.5, 0.6) is 5.75 Å². The highest BCUT2D eigenvalue weighted by Crippen LogP contribution is 2.27. The number of nitrogens with zero attached hydrogens (tertiary/aromatic N) is 2. The van der Waals surface area contributed by atoms with Crippen molar-refractivity contribution in [3.8, 4) is 11.8 Å². The normalized spacial score (nSPS) is 10.8. The lowest BCUT2D eigenvalue weighted by atomic mass is 10.1. The zero-order chi connectivity index (χ0) is 21.5. The third-order valence-corrected chi connectivity index (χ3v) is 5.42. The topological polar surface area (TPSA) is 54.6 Å². The molecule has 0 bridgehead atoms. The molecule has 0 fully saturated rings. The Morgan fingerprint density at radius 1 is 0.871 bits per heavy atom. The molecule has 152 valence electrons. The van der Waals surface area contributed by atoms with Crippen molar-refractivity contribution in [2.45, 2.75) is 13.2 Å². The van der Waals surface area contributed by atoms with Gasteiger partial charge in [-0.1, -0.05) is 59.8 Å². The monoisotopic (exact) mass is 470 g/mol. The van der Waals surface area contributed by atoms with Crippen molar-refractivity contribution in [1.82, 2.24) is 0 Å². The van der Waals surface area contributed by atoms with Gasteiger partial charge in [-0.3, -0.25) is 0 Å². The van der Waals surface area contributed by atoms with Gasteiger partial charge >= 0.3 is 0 Å². The van der Waals surface area contributed by atoms with Crippen LogP contribution >= 0.6 is 15.9 Å². The molecule has 0 amide bonds. The molecule has 0 spiro atoms. The highest BCUT2D eigenvalue weighted by Gasteiger charge is 2.04. The minimum Gasteiger partial charge on any atom is -0.488 e. The summed E-state index contributed by atoms with van der Waals surface area (Å²) in [5.41, 5.74) is 3.38. The lowest BCUT2D eigenvalue weighted by Crippen LogP contribution is -1.97. The molecule has 0 aromatic heterocycles. The fraction of sp³-hybridized carbons (Fsp3) is 0.0769. The molecule has 0 saturated carbocycles. The SMILES string of the molecule is N#Cc1ccccc1CO/N=C\c1ccc(OCc2ccc3ccccc3c2)c(Br)c1. The van der Waals surface area contributed by atoms with Gasteiger partial charge in [0.2, 0.25) is 0 Å². The van der Waals surface area contributed by atoms with Gasteiger partial charge in [0.25, 0.3) is 0 Å². The van der Waals surface area contributed by atoms with E-state index in [4.69, 9.17) is 14.8 Å². The number of ether oxygens (including phenoxy) is 1. The van der Waals surface area contributed by atoms with Crippen LogP contribution in [0, 0.1) is 11.3 Å². The molecule has 0 unspecified atom stereocenters. The molecule has 31 heavy (non-hydrogen) atoms. The van der Waals surface area contributed by atoms with E-state index >= 15 is 0 Å². The maximum Gasteiger partial charge on any atom is 0.143 e. The first-order valence-electron chi connectivity index (χ1n) is 9.76. The molecule has 0 aliphatic rings. The summed E-state index contributed by atoms with van der Waals surface area (Å²) >= 11 is 3.56. The van der Waals surface area contributed by atoms with Gasteiger partial charge in [0.05, 0.1) is 22.3 Å². The van der Waals surface area contributed by atoms with Crippen molar-refractivity contribution in [3.63, 3.8) is 0 Å². The molecule has 5 heteroatoms. The lowest BCUT2D eigenvalue weighted by Gasteiger charge is -2.10. The van der Waals surface area contributed by atoms with Crippen molar-refractivity contribution in [1.29, 1.82) is 5.26 Å². The van der Waals surface area contributed by atoms with Crippen molar-refractivity contribution in [2.24, 2.45) is 5.16 Å². The van der Waals surface area contributed by atoms with Gasteiger partial charge in [0, 0.05) is 5.56 Å². The van der Waals surface area contributed by atoms with E-state index in [9.17, 15) is 0 Å². The standard InChI is InChI=1S/C26H19BrN2O2/c27-25-14-19(16-29-31-18-24-8-4-3-7-23(24)15-28)10-12-26(25)30-17-20-9-11-21-5-1-2-6-22(21)13-20/h1-14,16H,17-18H2/b29-16-. The molecule has 0 aliphatic heterocycles. The molecular weight excluding hydrogens is 452 g/mol. The van der Waals surface area contributed by atoms with Crippen LogP contribution in [-0.2, 0) is 18.1 Å². The molecule has 0 atom stereocenters. The number of rotatable bonds is 7. The third-order valence-electron chi connectivity index (χ3n) is 4.80. The van der Waals surface area contributed by atoms with Gasteiger partial charge in [-0.05, 0) is 68.2 Å². The van der Waals surface area contributed by atoms with E-state index in [0.29, 0.717) is 12.2 Å². The molecule has 0 aliphatic carbocycles. The number of hydrogen-bond acceptors (Lipinski definition) is 4. The predicted molar refractivity (Wildman–Crippen MR) is 126 cm³/mol. The van der Waals surface area contributed by atoms with Gasteiger partial charge in [0.15, 0.2) is 0 Å². The highest BCUT2D eigenvalue weighted by molar-refractivity contribution is 9.10. The Balaban J connectivity index is 1.35. The van der Waals surface area contributed by atoms with Crippen LogP contribution in [0.15, 0.2) is 94.6 Å². The molecule has 0 N–H and O–H groups in total. The number of halogens is 1. The molecular formula is C26H19BrN2O2. The third kappa shape index (κ3) is 5.30. The summed E-state index contributed by atoms with van der Waals surface area (Å²) in [6.07, 6.45) is 1.63. The van der Waals surface area contributed by atoms with Gasteiger partial charge in [-0.25, -0.2) is 0 Å². The average molecular weight is 471 g/mol. The largest absolute Gasteiger partial charge is 0.488 e. The molecule has 4 aromatic carbocycles. The Kier molecular flexibility index (Phi) is 6.61. The molecule has 4 aromatic rings. The van der Waals surface area contributed by atoms with Crippen LogP contribution in [0.25, 0.3) is 10.8 Å². The minimum absolute atomic E-state index is 0.244. The van der Waals surface area contributed by atoms with Gasteiger partial charge < -0.3 is 9.57 Å². The molecule has 0 heterocycles. The van der Waals surface area contributed by atoms with E-state index in [0.717, 1.165) is 26.9 Å². The smallest absolute Gasteiger partial charge is 0.143 e. The Morgan fingerprint density at radius 3 is 2.52 bits per heavy atom. The van der Waals surface area contributed by atoms with E-state index in [1.165, 1.54) is 10.8 Å². The minimum atomic E-state index is 0.244. The van der Waals surface area contributed by atoms with Crippen molar-refractivity contribution >= 4 is 32.9 Å². The van der Waals surface area contributed by atoms with E-state index < -0.39 is 0 Å². The molecule has 4 rings (SSSR count). The maximum absolute atomic E-state index is 9.11. The number of benzene rings is 4. The van der Waals surface area contributed by atoms with Gasteiger partial charge in [-0.15, -0.1) is 0 Å². The average Bonchev–Trinajstić information content (AvgIpc) is 2.81. The highest BCUT2D eigenvalue weighted by atomic mass is 79.9. The van der Waals surface area contributed by atoms with Crippen molar-refractivity contribution in [2.75, 3.05) is 0 Å². The second-order valence-corrected chi connectivity index (χ2v) is 7.79. The number of nitriles is 1. The Bertz CT molecular complexity index is 1280. The fourth-order valence-electron chi connectivity index (χ4n) is 3.16. The summed E-state index contributed by atoms with van der Waals surface area (Å²) < 4.78 is 6.82. The zero-order valence-corrected chi connectivity index (χ0v) is 18.2. The van der Waals surface area contributed by atoms with E-state index in [2.05, 4.69) is 57.5 Å². The molecule has 0 radical (unpaired) electrons.